The zero-order chi connectivity index (χ0) is 18.2. The summed E-state index contributed by atoms with van der Waals surface area (Å²) in [6.07, 6.45) is 0.697. The molecule has 0 bridgehead atoms. The number of pyridine rings is 1. The molecule has 0 aliphatic heterocycles. The van der Waals surface area contributed by atoms with Gasteiger partial charge in [0, 0.05) is 31.3 Å². The predicted molar refractivity (Wildman–Crippen MR) is 100 cm³/mol. The van der Waals surface area contributed by atoms with Crippen LogP contribution in [0, 0.1) is 0 Å². The molecule has 25 heavy (non-hydrogen) atoms. The number of ether oxygens (including phenoxy) is 1. The Morgan fingerprint density at radius 2 is 1.96 bits per heavy atom. The molecular formula is C18H21Cl2N3O2. The Balaban J connectivity index is 1.74. The van der Waals surface area contributed by atoms with Crippen LogP contribution in [-0.2, 0) is 13.0 Å². The van der Waals surface area contributed by atoms with E-state index in [1.165, 1.54) is 0 Å². The second-order valence-electron chi connectivity index (χ2n) is 5.74. The molecule has 0 spiro atoms. The third-order valence-corrected chi connectivity index (χ3v) is 3.98. The molecule has 0 saturated heterocycles. The summed E-state index contributed by atoms with van der Waals surface area (Å²) in [4.78, 5) is 16.2. The summed E-state index contributed by atoms with van der Waals surface area (Å²) in [6.45, 7) is 4.76. The van der Waals surface area contributed by atoms with E-state index in [1.54, 1.807) is 12.1 Å². The number of rotatable bonds is 7. The number of carbonyl (C=O) groups is 1. The average molecular weight is 382 g/mol. The molecule has 0 saturated carbocycles. The van der Waals surface area contributed by atoms with Crippen LogP contribution in [0.3, 0.4) is 0 Å². The molecule has 1 aromatic heterocycles. The number of nitrogens with one attached hydrogen (secondary N) is 2. The smallest absolute Gasteiger partial charge is 0.315 e. The van der Waals surface area contributed by atoms with Crippen molar-refractivity contribution < 1.29 is 9.53 Å². The second-order valence-corrected chi connectivity index (χ2v) is 6.56. The summed E-state index contributed by atoms with van der Waals surface area (Å²) in [7, 11) is 0. The first-order valence-corrected chi connectivity index (χ1v) is 8.78. The molecule has 0 unspecified atom stereocenters. The van der Waals surface area contributed by atoms with Gasteiger partial charge in [-0.25, -0.2) is 9.78 Å². The lowest BCUT2D eigenvalue weighted by Gasteiger charge is -2.10. The van der Waals surface area contributed by atoms with Crippen LogP contribution in [0.5, 0.6) is 5.88 Å². The van der Waals surface area contributed by atoms with Crippen molar-refractivity contribution in [3.63, 3.8) is 0 Å². The van der Waals surface area contributed by atoms with Crippen molar-refractivity contribution in [2.45, 2.75) is 32.9 Å². The second kappa shape index (κ2) is 9.49. The van der Waals surface area contributed by atoms with E-state index < -0.39 is 0 Å². The molecule has 7 heteroatoms. The maximum absolute atomic E-state index is 11.8. The van der Waals surface area contributed by atoms with Crippen molar-refractivity contribution in [2.75, 3.05) is 6.54 Å². The maximum atomic E-state index is 11.8. The molecule has 2 rings (SSSR count). The zero-order valence-corrected chi connectivity index (χ0v) is 15.7. The molecule has 2 amide bonds. The topological polar surface area (TPSA) is 63.2 Å². The van der Waals surface area contributed by atoms with Gasteiger partial charge in [0.05, 0.1) is 16.1 Å². The summed E-state index contributed by atoms with van der Waals surface area (Å²) in [5.74, 6) is 0.594. The Kier molecular flexibility index (Phi) is 7.34. The number of nitrogens with zero attached hydrogens (tertiary/aromatic N) is 1. The molecule has 0 aliphatic rings. The molecule has 5 nitrogen and oxygen atoms in total. The summed E-state index contributed by atoms with van der Waals surface area (Å²) < 4.78 is 5.56. The van der Waals surface area contributed by atoms with Crippen LogP contribution in [0.15, 0.2) is 36.4 Å². The number of aromatic nitrogens is 1. The van der Waals surface area contributed by atoms with Crippen molar-refractivity contribution >= 4 is 29.2 Å². The minimum atomic E-state index is -0.249. The molecule has 1 heterocycles. The van der Waals surface area contributed by atoms with Gasteiger partial charge in [-0.2, -0.15) is 0 Å². The molecule has 0 atom stereocenters. The summed E-state index contributed by atoms with van der Waals surface area (Å²) in [5.41, 5.74) is 1.74. The third kappa shape index (κ3) is 6.80. The molecule has 2 aromatic rings. The first-order chi connectivity index (χ1) is 11.9. The van der Waals surface area contributed by atoms with Crippen LogP contribution in [0.25, 0.3) is 0 Å². The predicted octanol–water partition coefficient (Wildman–Crippen LogP) is 4.22. The molecule has 0 aliphatic carbocycles. The van der Waals surface area contributed by atoms with E-state index in [0.29, 0.717) is 35.4 Å². The fraction of sp³-hybridized carbons (Fsp3) is 0.333. The van der Waals surface area contributed by atoms with E-state index in [2.05, 4.69) is 15.6 Å². The highest BCUT2D eigenvalue weighted by atomic mass is 35.5. The lowest BCUT2D eigenvalue weighted by Crippen LogP contribution is -2.36. The van der Waals surface area contributed by atoms with Crippen LogP contribution in [0.2, 0.25) is 10.0 Å². The lowest BCUT2D eigenvalue weighted by atomic mass is 10.2. The summed E-state index contributed by atoms with van der Waals surface area (Å²) in [6, 6.07) is 10.6. The number of benzene rings is 1. The van der Waals surface area contributed by atoms with E-state index >= 15 is 0 Å². The number of hydrogen-bond donors (Lipinski definition) is 2. The highest BCUT2D eigenvalue weighted by Gasteiger charge is 2.04. The lowest BCUT2D eigenvalue weighted by molar-refractivity contribution is 0.232. The molecular weight excluding hydrogens is 361 g/mol. The van der Waals surface area contributed by atoms with Gasteiger partial charge in [-0.1, -0.05) is 35.3 Å². The first kappa shape index (κ1) is 19.3. The van der Waals surface area contributed by atoms with Crippen molar-refractivity contribution in [1.29, 1.82) is 0 Å². The fourth-order valence-electron chi connectivity index (χ4n) is 2.10. The van der Waals surface area contributed by atoms with Crippen LogP contribution >= 0.6 is 23.2 Å². The van der Waals surface area contributed by atoms with Gasteiger partial charge >= 0.3 is 6.03 Å². The van der Waals surface area contributed by atoms with Gasteiger partial charge in [0.2, 0.25) is 5.88 Å². The number of urea groups is 1. The van der Waals surface area contributed by atoms with Gasteiger partial charge in [0.25, 0.3) is 0 Å². The Morgan fingerprint density at radius 1 is 1.16 bits per heavy atom. The number of hydrogen-bond acceptors (Lipinski definition) is 3. The van der Waals surface area contributed by atoms with Gasteiger partial charge < -0.3 is 15.4 Å². The maximum Gasteiger partial charge on any atom is 0.315 e. The van der Waals surface area contributed by atoms with Crippen molar-refractivity contribution in [3.8, 4) is 5.88 Å². The standard InChI is InChI=1S/C18H21Cl2N3O2/c1-12(2)25-17-5-3-4-14(23-17)8-9-21-18(24)22-11-13-6-7-15(19)16(20)10-13/h3-7,10,12H,8-9,11H2,1-2H3,(H2,21,22,24). The number of carbonyl (C=O) groups excluding carboxylic acids is 1. The van der Waals surface area contributed by atoms with Gasteiger partial charge in [-0.3, -0.25) is 0 Å². The Bertz CT molecular complexity index is 723. The fourth-order valence-corrected chi connectivity index (χ4v) is 2.42. The minimum absolute atomic E-state index is 0.0769. The average Bonchev–Trinajstić information content (AvgIpc) is 2.56. The zero-order valence-electron chi connectivity index (χ0n) is 14.2. The van der Waals surface area contributed by atoms with Gasteiger partial charge in [0.15, 0.2) is 0 Å². The highest BCUT2D eigenvalue weighted by molar-refractivity contribution is 6.42. The normalized spacial score (nSPS) is 10.6. The Labute approximate surface area is 157 Å². The van der Waals surface area contributed by atoms with Gasteiger partial charge in [-0.05, 0) is 37.6 Å². The van der Waals surface area contributed by atoms with Crippen molar-refractivity contribution in [2.24, 2.45) is 0 Å². The van der Waals surface area contributed by atoms with E-state index in [9.17, 15) is 4.79 Å². The molecule has 0 radical (unpaired) electrons. The van der Waals surface area contributed by atoms with Gasteiger partial charge in [-0.15, -0.1) is 0 Å². The van der Waals surface area contributed by atoms with Crippen molar-refractivity contribution in [3.05, 3.63) is 57.7 Å². The first-order valence-electron chi connectivity index (χ1n) is 8.02. The third-order valence-electron chi connectivity index (χ3n) is 3.24. The molecule has 134 valence electrons. The van der Waals surface area contributed by atoms with E-state index in [0.717, 1.165) is 11.3 Å². The van der Waals surface area contributed by atoms with E-state index in [4.69, 9.17) is 27.9 Å². The number of halogens is 2. The van der Waals surface area contributed by atoms with Gasteiger partial charge in [0.1, 0.15) is 0 Å². The van der Waals surface area contributed by atoms with E-state index in [1.807, 2.05) is 38.1 Å². The van der Waals surface area contributed by atoms with E-state index in [-0.39, 0.29) is 12.1 Å². The summed E-state index contributed by atoms with van der Waals surface area (Å²) >= 11 is 11.8. The van der Waals surface area contributed by atoms with Crippen LogP contribution in [0.4, 0.5) is 4.79 Å². The van der Waals surface area contributed by atoms with Crippen LogP contribution in [0.1, 0.15) is 25.1 Å². The van der Waals surface area contributed by atoms with Crippen molar-refractivity contribution in [1.82, 2.24) is 15.6 Å². The molecule has 0 fully saturated rings. The van der Waals surface area contributed by atoms with Crippen LogP contribution < -0.4 is 15.4 Å². The highest BCUT2D eigenvalue weighted by Crippen LogP contribution is 2.22. The molecule has 2 N–H and O–H groups in total. The Hall–Kier alpha value is -1.98. The van der Waals surface area contributed by atoms with Crippen LogP contribution in [-0.4, -0.2) is 23.7 Å². The number of amides is 2. The monoisotopic (exact) mass is 381 g/mol. The minimum Gasteiger partial charge on any atom is -0.475 e. The quantitative estimate of drug-likeness (QED) is 0.754. The largest absolute Gasteiger partial charge is 0.475 e. The molecule has 1 aromatic carbocycles. The summed E-state index contributed by atoms with van der Waals surface area (Å²) in [5, 5.41) is 6.53. The Morgan fingerprint density at radius 3 is 2.68 bits per heavy atom. The SMILES string of the molecule is CC(C)Oc1cccc(CCNC(=O)NCc2ccc(Cl)c(Cl)c2)n1.